The second-order valence-corrected chi connectivity index (χ2v) is 6.82. The number of rotatable bonds is 12. The van der Waals surface area contributed by atoms with Gasteiger partial charge in [0, 0.05) is 24.0 Å². The predicted octanol–water partition coefficient (Wildman–Crippen LogP) is 4.41. The van der Waals surface area contributed by atoms with Crippen molar-refractivity contribution < 1.29 is 19.8 Å². The lowest BCUT2D eigenvalue weighted by Gasteiger charge is -2.04. The third-order valence-corrected chi connectivity index (χ3v) is 4.59. The van der Waals surface area contributed by atoms with Crippen molar-refractivity contribution in [2.75, 3.05) is 0 Å². The van der Waals surface area contributed by atoms with E-state index in [2.05, 4.69) is 18.8 Å². The van der Waals surface area contributed by atoms with Crippen LogP contribution in [0.5, 0.6) is 0 Å². The second-order valence-electron chi connectivity index (χ2n) is 6.82. The fourth-order valence-corrected chi connectivity index (χ4v) is 3.08. The number of hydrogen-bond donors (Lipinski definition) is 2. The molecule has 0 bridgehead atoms. The molecule has 0 aromatic heterocycles. The van der Waals surface area contributed by atoms with E-state index >= 15 is 0 Å². The first-order valence-electron chi connectivity index (χ1n) is 9.71. The van der Waals surface area contributed by atoms with Crippen LogP contribution in [-0.4, -0.2) is 28.1 Å². The molecule has 4 heteroatoms. The van der Waals surface area contributed by atoms with Crippen molar-refractivity contribution >= 4 is 11.8 Å². The van der Waals surface area contributed by atoms with Crippen molar-refractivity contribution in [2.45, 2.75) is 96.5 Å². The maximum Gasteiger partial charge on any atom is 0.303 e. The minimum Gasteiger partial charge on any atom is -0.481 e. The molecule has 0 saturated heterocycles. The van der Waals surface area contributed by atoms with Crippen LogP contribution in [0, 0.1) is 11.8 Å². The standard InChI is InChI=1S/C21H32O4/c1-2-3-7-10-18(22)15-13-17-14-16-20(23)19(17)11-8-5-4-6-9-12-21(24)25/h18,22H,2-12,14,16H2,1H3,(H,24,25). The summed E-state index contributed by atoms with van der Waals surface area (Å²) in [6, 6.07) is 0. The highest BCUT2D eigenvalue weighted by molar-refractivity contribution is 5.99. The van der Waals surface area contributed by atoms with Gasteiger partial charge in [-0.25, -0.2) is 0 Å². The fraction of sp³-hybridized carbons (Fsp3) is 0.714. The number of allylic oxidation sites excluding steroid dienone is 2. The molecule has 0 saturated carbocycles. The number of carbonyl (C=O) groups is 2. The van der Waals surface area contributed by atoms with Gasteiger partial charge in [-0.05, 0) is 38.5 Å². The summed E-state index contributed by atoms with van der Waals surface area (Å²) in [5.74, 6) is 5.43. The van der Waals surface area contributed by atoms with Gasteiger partial charge in [-0.15, -0.1) is 0 Å². The zero-order valence-electron chi connectivity index (χ0n) is 15.5. The molecule has 0 aliphatic heterocycles. The largest absolute Gasteiger partial charge is 0.481 e. The number of aliphatic hydroxyl groups is 1. The number of carbonyl (C=O) groups excluding carboxylic acids is 1. The number of carboxylic acid groups (broad SMARTS) is 1. The molecule has 1 unspecified atom stereocenters. The van der Waals surface area contributed by atoms with E-state index in [1.54, 1.807) is 0 Å². The van der Waals surface area contributed by atoms with Crippen LogP contribution in [0.15, 0.2) is 11.1 Å². The third kappa shape index (κ3) is 9.45. The number of unbranched alkanes of at least 4 members (excludes halogenated alkanes) is 6. The molecule has 0 fully saturated rings. The normalized spacial score (nSPS) is 15.2. The summed E-state index contributed by atoms with van der Waals surface area (Å²) in [6.45, 7) is 2.13. The lowest BCUT2D eigenvalue weighted by Crippen LogP contribution is -2.02. The van der Waals surface area contributed by atoms with Crippen LogP contribution in [0.4, 0.5) is 0 Å². The van der Waals surface area contributed by atoms with Crippen molar-refractivity contribution in [3.8, 4) is 11.8 Å². The van der Waals surface area contributed by atoms with Gasteiger partial charge < -0.3 is 10.2 Å². The van der Waals surface area contributed by atoms with Gasteiger partial charge in [0.1, 0.15) is 6.10 Å². The monoisotopic (exact) mass is 348 g/mol. The molecule has 25 heavy (non-hydrogen) atoms. The average molecular weight is 348 g/mol. The Hall–Kier alpha value is -1.60. The lowest BCUT2D eigenvalue weighted by atomic mass is 10.0. The van der Waals surface area contributed by atoms with Gasteiger partial charge >= 0.3 is 5.97 Å². The molecule has 1 aliphatic carbocycles. The molecule has 0 radical (unpaired) electrons. The number of aliphatic hydroxyl groups excluding tert-OH is 1. The Labute approximate surface area is 151 Å². The molecule has 0 spiro atoms. The Morgan fingerprint density at radius 2 is 1.80 bits per heavy atom. The van der Waals surface area contributed by atoms with Crippen molar-refractivity contribution in [2.24, 2.45) is 0 Å². The molecule has 0 aromatic carbocycles. The van der Waals surface area contributed by atoms with E-state index in [0.29, 0.717) is 19.3 Å². The zero-order chi connectivity index (χ0) is 18.5. The minimum atomic E-state index is -0.734. The second kappa shape index (κ2) is 12.7. The van der Waals surface area contributed by atoms with Gasteiger partial charge in [-0.2, -0.15) is 0 Å². The molecule has 4 nitrogen and oxygen atoms in total. The van der Waals surface area contributed by atoms with Crippen LogP contribution in [0.2, 0.25) is 0 Å². The van der Waals surface area contributed by atoms with Crippen molar-refractivity contribution in [1.82, 2.24) is 0 Å². The molecule has 1 atom stereocenters. The van der Waals surface area contributed by atoms with Crippen LogP contribution >= 0.6 is 0 Å². The van der Waals surface area contributed by atoms with Gasteiger partial charge in [0.2, 0.25) is 0 Å². The van der Waals surface area contributed by atoms with E-state index in [0.717, 1.165) is 68.9 Å². The van der Waals surface area contributed by atoms with Crippen LogP contribution in [0.25, 0.3) is 0 Å². The van der Waals surface area contributed by atoms with E-state index in [9.17, 15) is 14.7 Å². The summed E-state index contributed by atoms with van der Waals surface area (Å²) < 4.78 is 0. The number of aliphatic carboxylic acids is 1. The highest BCUT2D eigenvalue weighted by Crippen LogP contribution is 2.27. The lowest BCUT2D eigenvalue weighted by molar-refractivity contribution is -0.137. The Morgan fingerprint density at radius 1 is 1.08 bits per heavy atom. The molecule has 0 amide bonds. The predicted molar refractivity (Wildman–Crippen MR) is 99.1 cm³/mol. The van der Waals surface area contributed by atoms with Gasteiger partial charge in [0.05, 0.1) is 0 Å². The first-order chi connectivity index (χ1) is 12.0. The summed E-state index contributed by atoms with van der Waals surface area (Å²) in [6.07, 6.45) is 10.2. The molecular weight excluding hydrogens is 316 g/mol. The maximum absolute atomic E-state index is 12.0. The van der Waals surface area contributed by atoms with Crippen LogP contribution in [0.1, 0.15) is 90.4 Å². The number of hydrogen-bond acceptors (Lipinski definition) is 3. The van der Waals surface area contributed by atoms with E-state index in [1.807, 2.05) is 0 Å². The SMILES string of the molecule is CCCCCC(O)C#CC1=C(CCCCCCCC(=O)O)C(=O)CC1. The molecule has 2 N–H and O–H groups in total. The van der Waals surface area contributed by atoms with Crippen LogP contribution < -0.4 is 0 Å². The smallest absolute Gasteiger partial charge is 0.303 e. The molecular formula is C21H32O4. The van der Waals surface area contributed by atoms with E-state index < -0.39 is 12.1 Å². The first-order valence-corrected chi connectivity index (χ1v) is 9.71. The molecule has 140 valence electrons. The number of ketones is 1. The van der Waals surface area contributed by atoms with Gasteiger partial charge in [0.15, 0.2) is 5.78 Å². The van der Waals surface area contributed by atoms with E-state index in [4.69, 9.17) is 5.11 Å². The Kier molecular flexibility index (Phi) is 10.9. The van der Waals surface area contributed by atoms with Gasteiger partial charge in [-0.3, -0.25) is 9.59 Å². The zero-order valence-corrected chi connectivity index (χ0v) is 15.5. The van der Waals surface area contributed by atoms with Crippen molar-refractivity contribution in [1.29, 1.82) is 0 Å². The molecule has 1 rings (SSSR count). The van der Waals surface area contributed by atoms with E-state index in [1.165, 1.54) is 0 Å². The Balaban J connectivity index is 2.37. The highest BCUT2D eigenvalue weighted by Gasteiger charge is 2.21. The minimum absolute atomic E-state index is 0.204. The van der Waals surface area contributed by atoms with Gasteiger partial charge in [-0.1, -0.05) is 50.9 Å². The molecule has 0 heterocycles. The average Bonchev–Trinajstić information content (AvgIpc) is 2.92. The summed E-state index contributed by atoms with van der Waals surface area (Å²) >= 11 is 0. The van der Waals surface area contributed by atoms with E-state index in [-0.39, 0.29) is 12.2 Å². The highest BCUT2D eigenvalue weighted by atomic mass is 16.4. The van der Waals surface area contributed by atoms with Crippen LogP contribution in [0.3, 0.4) is 0 Å². The number of Topliss-reactive ketones (excluding diaryl/α,β-unsaturated/α-hetero) is 1. The summed E-state index contributed by atoms with van der Waals surface area (Å²) in [4.78, 5) is 22.5. The van der Waals surface area contributed by atoms with Gasteiger partial charge in [0.25, 0.3) is 0 Å². The fourth-order valence-electron chi connectivity index (χ4n) is 3.08. The topological polar surface area (TPSA) is 74.6 Å². The summed E-state index contributed by atoms with van der Waals surface area (Å²) in [5, 5.41) is 18.5. The third-order valence-electron chi connectivity index (χ3n) is 4.59. The Bertz CT molecular complexity index is 522. The quantitative estimate of drug-likeness (QED) is 0.405. The molecule has 1 aliphatic rings. The summed E-state index contributed by atoms with van der Waals surface area (Å²) in [5.41, 5.74) is 1.78. The van der Waals surface area contributed by atoms with Crippen molar-refractivity contribution in [3.05, 3.63) is 11.1 Å². The summed E-state index contributed by atoms with van der Waals surface area (Å²) in [7, 11) is 0. The number of carboxylic acids is 1. The van der Waals surface area contributed by atoms with Crippen molar-refractivity contribution in [3.63, 3.8) is 0 Å². The maximum atomic E-state index is 12.0. The van der Waals surface area contributed by atoms with Crippen LogP contribution in [-0.2, 0) is 9.59 Å². The molecule has 0 aromatic rings. The Morgan fingerprint density at radius 3 is 2.52 bits per heavy atom. The first kappa shape index (κ1) is 21.4.